The lowest BCUT2D eigenvalue weighted by molar-refractivity contribution is -0.130. The number of aryl methyl sites for hydroxylation is 3. The average molecular weight is 422 g/mol. The topological polar surface area (TPSA) is 71.5 Å². The van der Waals surface area contributed by atoms with Crippen molar-refractivity contribution in [2.24, 2.45) is 0 Å². The Balaban J connectivity index is 1.36. The molecule has 0 radical (unpaired) electrons. The lowest BCUT2D eigenvalue weighted by Crippen LogP contribution is -2.31. The Bertz CT molecular complexity index is 816. The normalized spacial score (nSPS) is 12.9. The van der Waals surface area contributed by atoms with E-state index in [1.165, 1.54) is 22.6 Å². The lowest BCUT2D eigenvalue weighted by Gasteiger charge is -2.17. The minimum Gasteiger partial charge on any atom is -0.447 e. The summed E-state index contributed by atoms with van der Waals surface area (Å²) in [4.78, 5) is 31.4. The van der Waals surface area contributed by atoms with Crippen LogP contribution >= 0.6 is 22.9 Å². The molecular weight excluding hydrogens is 398 g/mol. The maximum absolute atomic E-state index is 12.2. The maximum atomic E-state index is 12.2. The van der Waals surface area contributed by atoms with E-state index in [0.29, 0.717) is 29.5 Å². The minimum absolute atomic E-state index is 0.0171. The summed E-state index contributed by atoms with van der Waals surface area (Å²) in [6.45, 7) is 0.467. The molecule has 2 aromatic rings. The van der Waals surface area contributed by atoms with Gasteiger partial charge in [0.2, 0.25) is 5.91 Å². The highest BCUT2D eigenvalue weighted by Crippen LogP contribution is 2.29. The monoisotopic (exact) mass is 421 g/mol. The number of hydrogen-bond acceptors (Lipinski definition) is 5. The fourth-order valence-electron chi connectivity index (χ4n) is 3.06. The highest BCUT2D eigenvalue weighted by molar-refractivity contribution is 7.15. The molecule has 0 spiro atoms. The molecule has 1 aromatic heterocycles. The molecule has 1 aliphatic carbocycles. The Morgan fingerprint density at radius 3 is 2.86 bits per heavy atom. The van der Waals surface area contributed by atoms with Crippen molar-refractivity contribution in [3.8, 4) is 0 Å². The van der Waals surface area contributed by atoms with Crippen LogP contribution < -0.4 is 5.32 Å². The average Bonchev–Trinajstić information content (AvgIpc) is 3.09. The number of carbonyl (C=O) groups is 2. The van der Waals surface area contributed by atoms with Crippen molar-refractivity contribution in [1.82, 2.24) is 9.88 Å². The molecule has 0 aliphatic heterocycles. The SMILES string of the molecule is CN(CCOC(=O)Nc1nc2c(s1)CCCC2)C(=O)CCc1ccccc1Cl. The number of amides is 2. The molecule has 8 heteroatoms. The van der Waals surface area contributed by atoms with Gasteiger partial charge in [0.25, 0.3) is 0 Å². The van der Waals surface area contributed by atoms with Crippen molar-refractivity contribution in [2.45, 2.75) is 38.5 Å². The van der Waals surface area contributed by atoms with Crippen LogP contribution in [-0.4, -0.2) is 42.1 Å². The second-order valence-corrected chi connectivity index (χ2v) is 8.25. The molecule has 6 nitrogen and oxygen atoms in total. The molecule has 0 unspecified atom stereocenters. The van der Waals surface area contributed by atoms with Crippen molar-refractivity contribution >= 4 is 40.1 Å². The van der Waals surface area contributed by atoms with Gasteiger partial charge in [-0.15, -0.1) is 11.3 Å². The Hall–Kier alpha value is -2.12. The van der Waals surface area contributed by atoms with Crippen LogP contribution in [0.4, 0.5) is 9.93 Å². The van der Waals surface area contributed by atoms with E-state index in [1.54, 1.807) is 11.9 Å². The fraction of sp³-hybridized carbons (Fsp3) is 0.450. The first-order valence-corrected chi connectivity index (χ1v) is 10.6. The van der Waals surface area contributed by atoms with Crippen molar-refractivity contribution in [2.75, 3.05) is 25.5 Å². The zero-order chi connectivity index (χ0) is 19.9. The Labute approximate surface area is 173 Å². The number of hydrogen-bond donors (Lipinski definition) is 1. The molecule has 0 saturated carbocycles. The van der Waals surface area contributed by atoms with Gasteiger partial charge in [-0.05, 0) is 43.7 Å². The van der Waals surface area contributed by atoms with Crippen LogP contribution in [0, 0.1) is 0 Å². The lowest BCUT2D eigenvalue weighted by atomic mass is 10.0. The Morgan fingerprint density at radius 1 is 1.29 bits per heavy atom. The van der Waals surface area contributed by atoms with Gasteiger partial charge in [0.15, 0.2) is 5.13 Å². The van der Waals surface area contributed by atoms with E-state index in [-0.39, 0.29) is 12.5 Å². The summed E-state index contributed by atoms with van der Waals surface area (Å²) in [5.74, 6) is -0.0171. The third-order valence-electron chi connectivity index (χ3n) is 4.71. The summed E-state index contributed by atoms with van der Waals surface area (Å²) in [7, 11) is 1.70. The van der Waals surface area contributed by atoms with Gasteiger partial charge in [-0.1, -0.05) is 29.8 Å². The summed E-state index contributed by atoms with van der Waals surface area (Å²) in [5, 5.41) is 3.94. The van der Waals surface area contributed by atoms with Crippen LogP contribution in [0.15, 0.2) is 24.3 Å². The first kappa shape index (κ1) is 20.6. The first-order chi connectivity index (χ1) is 13.5. The number of halogens is 1. The van der Waals surface area contributed by atoms with Crippen LogP contribution in [0.25, 0.3) is 0 Å². The third kappa shape index (κ3) is 5.69. The zero-order valence-corrected chi connectivity index (χ0v) is 17.4. The van der Waals surface area contributed by atoms with Crippen molar-refractivity contribution in [1.29, 1.82) is 0 Å². The molecule has 1 N–H and O–H groups in total. The van der Waals surface area contributed by atoms with Crippen LogP contribution in [0.2, 0.25) is 5.02 Å². The smallest absolute Gasteiger partial charge is 0.413 e. The Morgan fingerprint density at radius 2 is 2.07 bits per heavy atom. The zero-order valence-electron chi connectivity index (χ0n) is 15.9. The molecule has 3 rings (SSSR count). The summed E-state index contributed by atoms with van der Waals surface area (Å²) in [6, 6.07) is 7.50. The Kier molecular flexibility index (Phi) is 7.28. The van der Waals surface area contributed by atoms with Gasteiger partial charge in [-0.2, -0.15) is 0 Å². The molecule has 150 valence electrons. The van der Waals surface area contributed by atoms with E-state index in [9.17, 15) is 9.59 Å². The molecule has 2 amide bonds. The van der Waals surface area contributed by atoms with Gasteiger partial charge in [0, 0.05) is 23.4 Å². The second kappa shape index (κ2) is 9.89. The summed E-state index contributed by atoms with van der Waals surface area (Å²) < 4.78 is 5.18. The number of nitrogens with zero attached hydrogens (tertiary/aromatic N) is 2. The minimum atomic E-state index is -0.539. The predicted molar refractivity (Wildman–Crippen MR) is 111 cm³/mol. The van der Waals surface area contributed by atoms with Crippen molar-refractivity contribution in [3.05, 3.63) is 45.4 Å². The van der Waals surface area contributed by atoms with Crippen LogP contribution in [0.5, 0.6) is 0 Å². The highest BCUT2D eigenvalue weighted by Gasteiger charge is 2.17. The number of anilines is 1. The number of thiazole rings is 1. The van der Waals surface area contributed by atoms with Gasteiger partial charge in [0.05, 0.1) is 12.2 Å². The van der Waals surface area contributed by atoms with Crippen LogP contribution in [-0.2, 0) is 28.8 Å². The maximum Gasteiger partial charge on any atom is 0.413 e. The fourth-order valence-corrected chi connectivity index (χ4v) is 4.33. The quantitative estimate of drug-likeness (QED) is 0.722. The van der Waals surface area contributed by atoms with E-state index >= 15 is 0 Å². The molecule has 1 aromatic carbocycles. The van der Waals surface area contributed by atoms with E-state index < -0.39 is 6.09 Å². The van der Waals surface area contributed by atoms with E-state index in [1.807, 2.05) is 24.3 Å². The van der Waals surface area contributed by atoms with E-state index in [4.69, 9.17) is 16.3 Å². The standard InChI is InChI=1S/C20H24ClN3O3S/c1-24(18(25)11-10-14-6-2-3-7-15(14)21)12-13-27-20(26)23-19-22-16-8-4-5-9-17(16)28-19/h2-3,6-7H,4-5,8-13H2,1H3,(H,22,23,26). The number of fused-ring (bicyclic) bond motifs is 1. The molecule has 0 atom stereocenters. The number of benzene rings is 1. The number of ether oxygens (including phenoxy) is 1. The molecule has 1 heterocycles. The van der Waals surface area contributed by atoms with E-state index in [2.05, 4.69) is 10.3 Å². The van der Waals surface area contributed by atoms with E-state index in [0.717, 1.165) is 30.5 Å². The van der Waals surface area contributed by atoms with Crippen LogP contribution in [0.3, 0.4) is 0 Å². The number of carbonyl (C=O) groups excluding carboxylic acids is 2. The summed E-state index contributed by atoms with van der Waals surface area (Å²) >= 11 is 7.63. The molecule has 0 fully saturated rings. The molecule has 1 aliphatic rings. The van der Waals surface area contributed by atoms with Gasteiger partial charge in [-0.3, -0.25) is 10.1 Å². The summed E-state index contributed by atoms with van der Waals surface area (Å²) in [5.41, 5.74) is 2.04. The third-order valence-corrected chi connectivity index (χ3v) is 6.15. The molecule has 28 heavy (non-hydrogen) atoms. The van der Waals surface area contributed by atoms with Gasteiger partial charge in [-0.25, -0.2) is 9.78 Å². The van der Waals surface area contributed by atoms with Gasteiger partial charge >= 0.3 is 6.09 Å². The van der Waals surface area contributed by atoms with Crippen LogP contribution in [0.1, 0.15) is 35.4 Å². The number of likely N-dealkylation sites (N-methyl/N-ethyl adjacent to an activating group) is 1. The molecular formula is C20H24ClN3O3S. The summed E-state index contributed by atoms with van der Waals surface area (Å²) in [6.07, 6.45) is 4.74. The van der Waals surface area contributed by atoms with Crippen molar-refractivity contribution in [3.63, 3.8) is 0 Å². The molecule has 0 saturated heterocycles. The van der Waals surface area contributed by atoms with Gasteiger partial charge < -0.3 is 9.64 Å². The van der Waals surface area contributed by atoms with Gasteiger partial charge in [0.1, 0.15) is 6.61 Å². The first-order valence-electron chi connectivity index (χ1n) is 9.42. The second-order valence-electron chi connectivity index (χ2n) is 6.76. The molecule has 0 bridgehead atoms. The largest absolute Gasteiger partial charge is 0.447 e. The predicted octanol–water partition coefficient (Wildman–Crippen LogP) is 4.32. The number of rotatable bonds is 7. The number of nitrogens with one attached hydrogen (secondary N) is 1. The number of aromatic nitrogens is 1. The van der Waals surface area contributed by atoms with Crippen molar-refractivity contribution < 1.29 is 14.3 Å². The highest BCUT2D eigenvalue weighted by atomic mass is 35.5.